The molecule has 31 heavy (non-hydrogen) atoms. The number of nitrogens with one attached hydrogen (secondary N) is 6. The third kappa shape index (κ3) is 7.02. The average molecular weight is 437 g/mol. The maximum Gasteiger partial charge on any atom is 0.315 e. The van der Waals surface area contributed by atoms with Crippen LogP contribution in [0.1, 0.15) is 64.2 Å². The van der Waals surface area contributed by atoms with Crippen molar-refractivity contribution in [1.29, 1.82) is 0 Å². The molecule has 3 unspecified atom stereocenters. The molecule has 8 heteroatoms. The molecule has 0 spiro atoms. The van der Waals surface area contributed by atoms with Gasteiger partial charge in [-0.05, 0) is 82.6 Å². The smallest absolute Gasteiger partial charge is 0.315 e. The van der Waals surface area contributed by atoms with E-state index in [0.717, 1.165) is 70.1 Å². The van der Waals surface area contributed by atoms with Crippen molar-refractivity contribution < 1.29 is 9.53 Å². The highest BCUT2D eigenvalue weighted by Crippen LogP contribution is 2.31. The lowest BCUT2D eigenvalue weighted by molar-refractivity contribution is 0.0414. The zero-order valence-electron chi connectivity index (χ0n) is 19.3. The second-order valence-corrected chi connectivity index (χ2v) is 10.2. The van der Waals surface area contributed by atoms with Crippen molar-refractivity contribution in [1.82, 2.24) is 31.9 Å². The Hall–Kier alpha value is -0.930. The number of amides is 2. The van der Waals surface area contributed by atoms with Crippen molar-refractivity contribution in [2.24, 2.45) is 11.8 Å². The fraction of sp³-hybridized carbons (Fsp3) is 0.957. The van der Waals surface area contributed by atoms with Crippen LogP contribution in [0.25, 0.3) is 0 Å². The van der Waals surface area contributed by atoms with Gasteiger partial charge in [-0.2, -0.15) is 0 Å². The molecule has 2 amide bonds. The highest BCUT2D eigenvalue weighted by molar-refractivity contribution is 5.74. The zero-order valence-corrected chi connectivity index (χ0v) is 19.3. The molecule has 6 N–H and O–H groups in total. The Morgan fingerprint density at radius 1 is 0.806 bits per heavy atom. The molecule has 0 aromatic rings. The van der Waals surface area contributed by atoms with Gasteiger partial charge in [0.2, 0.25) is 0 Å². The van der Waals surface area contributed by atoms with Gasteiger partial charge < -0.3 is 20.7 Å². The van der Waals surface area contributed by atoms with Crippen molar-refractivity contribution in [3.63, 3.8) is 0 Å². The van der Waals surface area contributed by atoms with Crippen molar-refractivity contribution in [2.75, 3.05) is 33.3 Å². The Morgan fingerprint density at radius 2 is 1.52 bits per heavy atom. The van der Waals surface area contributed by atoms with E-state index in [2.05, 4.69) is 31.9 Å². The summed E-state index contributed by atoms with van der Waals surface area (Å²) in [5.41, 5.74) is 0. The van der Waals surface area contributed by atoms with Gasteiger partial charge in [0.25, 0.3) is 0 Å². The van der Waals surface area contributed by atoms with Gasteiger partial charge in [0.1, 0.15) is 6.29 Å². The van der Waals surface area contributed by atoms with Crippen LogP contribution in [0.4, 0.5) is 4.79 Å². The van der Waals surface area contributed by atoms with E-state index in [1.807, 2.05) is 7.11 Å². The summed E-state index contributed by atoms with van der Waals surface area (Å²) in [7, 11) is 1.84. The number of piperidine rings is 1. The molecular weight excluding hydrogens is 392 g/mol. The van der Waals surface area contributed by atoms with E-state index in [1.165, 1.54) is 32.1 Å². The van der Waals surface area contributed by atoms with Gasteiger partial charge in [-0.1, -0.05) is 0 Å². The summed E-state index contributed by atoms with van der Waals surface area (Å²) in [4.78, 5) is 12.4. The van der Waals surface area contributed by atoms with Crippen LogP contribution in [0.15, 0.2) is 0 Å². The molecule has 2 saturated carbocycles. The van der Waals surface area contributed by atoms with Crippen LogP contribution in [-0.4, -0.2) is 69.8 Å². The van der Waals surface area contributed by atoms with Crippen molar-refractivity contribution in [3.8, 4) is 0 Å². The molecule has 0 aromatic heterocycles. The van der Waals surface area contributed by atoms with Crippen LogP contribution < -0.4 is 31.9 Å². The lowest BCUT2D eigenvalue weighted by Crippen LogP contribution is -2.63. The highest BCUT2D eigenvalue weighted by atomic mass is 16.5. The summed E-state index contributed by atoms with van der Waals surface area (Å²) in [6.07, 6.45) is 12.3. The first kappa shape index (κ1) is 23.2. The van der Waals surface area contributed by atoms with Crippen LogP contribution in [0.3, 0.4) is 0 Å². The summed E-state index contributed by atoms with van der Waals surface area (Å²) in [6, 6.07) is 0.961. The fourth-order valence-corrected chi connectivity index (χ4v) is 6.03. The third-order valence-corrected chi connectivity index (χ3v) is 7.93. The van der Waals surface area contributed by atoms with Crippen LogP contribution in [0.2, 0.25) is 0 Å². The van der Waals surface area contributed by atoms with Gasteiger partial charge in [-0.25, -0.2) is 4.79 Å². The fourth-order valence-electron chi connectivity index (χ4n) is 6.03. The first-order valence-corrected chi connectivity index (χ1v) is 12.7. The molecule has 2 aliphatic carbocycles. The summed E-state index contributed by atoms with van der Waals surface area (Å²) >= 11 is 0. The van der Waals surface area contributed by atoms with Gasteiger partial charge in [0.05, 0.1) is 6.10 Å². The minimum Gasteiger partial charge on any atom is -0.381 e. The van der Waals surface area contributed by atoms with Crippen LogP contribution >= 0.6 is 0 Å². The zero-order chi connectivity index (χ0) is 21.5. The predicted octanol–water partition coefficient (Wildman–Crippen LogP) is 1.24. The number of urea groups is 1. The van der Waals surface area contributed by atoms with Crippen molar-refractivity contribution in [2.45, 2.75) is 94.7 Å². The Labute approximate surface area is 187 Å². The van der Waals surface area contributed by atoms with E-state index < -0.39 is 0 Å². The van der Waals surface area contributed by atoms with E-state index in [1.54, 1.807) is 0 Å². The van der Waals surface area contributed by atoms with E-state index >= 15 is 0 Å². The van der Waals surface area contributed by atoms with Crippen LogP contribution in [-0.2, 0) is 4.74 Å². The molecule has 4 aliphatic rings. The third-order valence-electron chi connectivity index (χ3n) is 7.93. The molecule has 178 valence electrons. The minimum atomic E-state index is -0.000646. The average Bonchev–Trinajstić information content (AvgIpc) is 2.80. The summed E-state index contributed by atoms with van der Waals surface area (Å²) in [5.74, 6) is 1.53. The van der Waals surface area contributed by atoms with Gasteiger partial charge in [-0.3, -0.25) is 16.0 Å². The number of hydrogen-bond acceptors (Lipinski definition) is 6. The maximum atomic E-state index is 12.4. The van der Waals surface area contributed by atoms with E-state index in [9.17, 15) is 4.79 Å². The van der Waals surface area contributed by atoms with Gasteiger partial charge >= 0.3 is 6.03 Å². The molecule has 2 saturated heterocycles. The molecular formula is C23H44N6O2. The molecule has 0 radical (unpaired) electrons. The standard InChI is InChI=1S/C23H44N6O2/c1-31-21-9-7-16(8-10-21)17-13-25-22(26-14-17)27-18-4-2-5-19(12-18)28-23(30)29-20-6-3-11-24-15-20/h16-22,24-27H,2-15H2,1H3,(H2,28,29,30). The van der Waals surface area contributed by atoms with Crippen molar-refractivity contribution in [3.05, 3.63) is 0 Å². The number of ether oxygens (including phenoxy) is 1. The quantitative estimate of drug-likeness (QED) is 0.375. The topological polar surface area (TPSA) is 98.5 Å². The summed E-state index contributed by atoms with van der Waals surface area (Å²) in [5, 5.41) is 20.9. The Balaban J connectivity index is 1.13. The predicted molar refractivity (Wildman–Crippen MR) is 123 cm³/mol. The second-order valence-electron chi connectivity index (χ2n) is 10.2. The van der Waals surface area contributed by atoms with Gasteiger partial charge in [-0.15, -0.1) is 0 Å². The van der Waals surface area contributed by atoms with Crippen LogP contribution in [0, 0.1) is 11.8 Å². The Kier molecular flexibility index (Phi) is 8.84. The lowest BCUT2D eigenvalue weighted by atomic mass is 9.78. The SMILES string of the molecule is COC1CCC(C2CNC(NC3CCCC(NC(=O)NC4CCCNC4)C3)NC2)CC1. The first-order chi connectivity index (χ1) is 15.2. The van der Waals surface area contributed by atoms with Gasteiger partial charge in [0.15, 0.2) is 0 Å². The second kappa shape index (κ2) is 11.8. The van der Waals surface area contributed by atoms with E-state index in [0.29, 0.717) is 12.1 Å². The number of hydrogen-bond donors (Lipinski definition) is 6. The monoisotopic (exact) mass is 436 g/mol. The maximum absolute atomic E-state index is 12.4. The lowest BCUT2D eigenvalue weighted by Gasteiger charge is -2.40. The van der Waals surface area contributed by atoms with Crippen molar-refractivity contribution >= 4 is 6.03 Å². The molecule has 4 rings (SSSR count). The molecule has 0 bridgehead atoms. The van der Waals surface area contributed by atoms with Gasteiger partial charge in [0, 0.05) is 44.9 Å². The van der Waals surface area contributed by atoms with Crippen LogP contribution in [0.5, 0.6) is 0 Å². The largest absolute Gasteiger partial charge is 0.381 e. The molecule has 0 aromatic carbocycles. The molecule has 8 nitrogen and oxygen atoms in total. The number of methoxy groups -OCH3 is 1. The van der Waals surface area contributed by atoms with E-state index in [-0.39, 0.29) is 24.4 Å². The number of carbonyl (C=O) groups is 1. The normalized spacial score (nSPS) is 39.6. The number of carbonyl (C=O) groups excluding carboxylic acids is 1. The summed E-state index contributed by atoms with van der Waals surface area (Å²) < 4.78 is 5.52. The highest BCUT2D eigenvalue weighted by Gasteiger charge is 2.32. The Morgan fingerprint density at radius 3 is 2.23 bits per heavy atom. The van der Waals surface area contributed by atoms with E-state index in [4.69, 9.17) is 4.74 Å². The minimum absolute atomic E-state index is 0.000646. The molecule has 2 aliphatic heterocycles. The molecule has 4 fully saturated rings. The summed E-state index contributed by atoms with van der Waals surface area (Å²) in [6.45, 7) is 4.11. The number of rotatable bonds is 6. The Bertz CT molecular complexity index is 542. The molecule has 3 atom stereocenters. The molecule has 2 heterocycles. The first-order valence-electron chi connectivity index (χ1n) is 12.7.